The third kappa shape index (κ3) is 2.42. The van der Waals surface area contributed by atoms with E-state index in [1.54, 1.807) is 0 Å². The van der Waals surface area contributed by atoms with E-state index in [1.165, 1.54) is 18.6 Å². The first-order valence-electron chi connectivity index (χ1n) is 5.40. The number of aliphatic hydroxyl groups excluding tert-OH is 1. The third-order valence-electron chi connectivity index (χ3n) is 3.13. The van der Waals surface area contributed by atoms with Gasteiger partial charge in [0.25, 0.3) is 0 Å². The van der Waals surface area contributed by atoms with Gasteiger partial charge in [0.15, 0.2) is 0 Å². The maximum atomic E-state index is 9.37. The first kappa shape index (κ1) is 10.7. The van der Waals surface area contributed by atoms with Gasteiger partial charge in [-0.15, -0.1) is 0 Å². The summed E-state index contributed by atoms with van der Waals surface area (Å²) in [6.45, 7) is 2.07. The second kappa shape index (κ2) is 4.84. The minimum absolute atomic E-state index is 0.0172. The minimum atomic E-state index is -0.0172. The maximum Gasteiger partial charge on any atom is 0.0700 e. The Hall–Kier alpha value is 0.230. The first-order chi connectivity index (χ1) is 6.85. The normalized spacial score (nSPS) is 37.9. The van der Waals surface area contributed by atoms with Gasteiger partial charge in [0.05, 0.1) is 18.2 Å². The van der Waals surface area contributed by atoms with Gasteiger partial charge in [0.2, 0.25) is 0 Å². The number of rotatable bonds is 4. The van der Waals surface area contributed by atoms with Crippen LogP contribution >= 0.6 is 11.8 Å². The first-order valence-corrected chi connectivity index (χ1v) is 6.55. The molecule has 0 aliphatic carbocycles. The fourth-order valence-corrected chi connectivity index (χ4v) is 3.47. The molecular formula is C10H19NO2S. The summed E-state index contributed by atoms with van der Waals surface area (Å²) in [5.41, 5.74) is -0.0172. The van der Waals surface area contributed by atoms with E-state index >= 15 is 0 Å². The average molecular weight is 217 g/mol. The van der Waals surface area contributed by atoms with Crippen molar-refractivity contribution in [1.82, 2.24) is 5.32 Å². The molecule has 0 aromatic carbocycles. The molecule has 2 N–H and O–H groups in total. The van der Waals surface area contributed by atoms with Gasteiger partial charge in [0, 0.05) is 18.9 Å². The molecule has 2 atom stereocenters. The van der Waals surface area contributed by atoms with E-state index < -0.39 is 0 Å². The molecule has 14 heavy (non-hydrogen) atoms. The van der Waals surface area contributed by atoms with Crippen molar-refractivity contribution in [2.24, 2.45) is 0 Å². The van der Waals surface area contributed by atoms with Crippen molar-refractivity contribution >= 4 is 11.8 Å². The Morgan fingerprint density at radius 2 is 2.50 bits per heavy atom. The molecule has 0 saturated carbocycles. The quantitative estimate of drug-likeness (QED) is 0.724. The highest BCUT2D eigenvalue weighted by atomic mass is 32.2. The van der Waals surface area contributed by atoms with Crippen molar-refractivity contribution < 1.29 is 9.84 Å². The average Bonchev–Trinajstić information content (AvgIpc) is 2.87. The Labute approximate surface area is 89.6 Å². The highest BCUT2D eigenvalue weighted by Gasteiger charge is 2.34. The number of hydrogen-bond acceptors (Lipinski definition) is 4. The van der Waals surface area contributed by atoms with Gasteiger partial charge < -0.3 is 15.2 Å². The zero-order valence-electron chi connectivity index (χ0n) is 8.50. The SMILES string of the molecule is OCC1(NCC2CCCO2)CCSC1. The van der Waals surface area contributed by atoms with Crippen LogP contribution in [0.4, 0.5) is 0 Å². The van der Waals surface area contributed by atoms with Crippen LogP contribution in [0, 0.1) is 0 Å². The van der Waals surface area contributed by atoms with E-state index in [-0.39, 0.29) is 12.1 Å². The van der Waals surface area contributed by atoms with Crippen molar-refractivity contribution in [2.75, 3.05) is 31.3 Å². The van der Waals surface area contributed by atoms with Crippen LogP contribution in [0.15, 0.2) is 0 Å². The number of thioether (sulfide) groups is 1. The highest BCUT2D eigenvalue weighted by molar-refractivity contribution is 7.99. The summed E-state index contributed by atoms with van der Waals surface area (Å²) in [4.78, 5) is 0. The topological polar surface area (TPSA) is 41.5 Å². The van der Waals surface area contributed by atoms with Gasteiger partial charge in [-0.2, -0.15) is 11.8 Å². The summed E-state index contributed by atoms with van der Waals surface area (Å²) >= 11 is 1.92. The molecule has 2 fully saturated rings. The molecule has 2 heterocycles. The van der Waals surface area contributed by atoms with Crippen molar-refractivity contribution in [3.05, 3.63) is 0 Å². The summed E-state index contributed by atoms with van der Waals surface area (Å²) in [6.07, 6.45) is 3.82. The van der Waals surface area contributed by atoms with Crippen LogP contribution in [0.2, 0.25) is 0 Å². The largest absolute Gasteiger partial charge is 0.394 e. The molecule has 2 rings (SSSR count). The van der Waals surface area contributed by atoms with Crippen LogP contribution in [0.3, 0.4) is 0 Å². The van der Waals surface area contributed by atoms with Gasteiger partial charge in [-0.3, -0.25) is 0 Å². The summed E-state index contributed by atoms with van der Waals surface area (Å²) in [5.74, 6) is 2.20. The molecule has 82 valence electrons. The molecule has 4 heteroatoms. The lowest BCUT2D eigenvalue weighted by Crippen LogP contribution is -2.51. The van der Waals surface area contributed by atoms with Crippen LogP contribution in [-0.4, -0.2) is 48.0 Å². The molecule has 0 amide bonds. The van der Waals surface area contributed by atoms with Gasteiger partial charge in [0.1, 0.15) is 0 Å². The van der Waals surface area contributed by atoms with Crippen molar-refractivity contribution in [1.29, 1.82) is 0 Å². The van der Waals surface area contributed by atoms with E-state index in [2.05, 4.69) is 5.32 Å². The highest BCUT2D eigenvalue weighted by Crippen LogP contribution is 2.27. The Morgan fingerprint density at radius 1 is 1.57 bits per heavy atom. The van der Waals surface area contributed by atoms with Crippen molar-refractivity contribution in [3.63, 3.8) is 0 Å². The molecule has 0 radical (unpaired) electrons. The maximum absolute atomic E-state index is 9.37. The molecular weight excluding hydrogens is 198 g/mol. The van der Waals surface area contributed by atoms with E-state index in [0.29, 0.717) is 6.10 Å². The lowest BCUT2D eigenvalue weighted by Gasteiger charge is -2.28. The summed E-state index contributed by atoms with van der Waals surface area (Å²) < 4.78 is 5.55. The van der Waals surface area contributed by atoms with Crippen LogP contribution in [0.5, 0.6) is 0 Å². The molecule has 3 nitrogen and oxygen atoms in total. The summed E-state index contributed by atoms with van der Waals surface area (Å²) in [7, 11) is 0. The number of ether oxygens (including phenoxy) is 1. The Balaban J connectivity index is 1.76. The number of aliphatic hydroxyl groups is 1. The lowest BCUT2D eigenvalue weighted by molar-refractivity contribution is 0.0927. The summed E-state index contributed by atoms with van der Waals surface area (Å²) in [6, 6.07) is 0. The molecule has 0 aromatic heterocycles. The van der Waals surface area contributed by atoms with Gasteiger partial charge in [-0.05, 0) is 25.0 Å². The lowest BCUT2D eigenvalue weighted by atomic mass is 10.00. The molecule has 2 saturated heterocycles. The molecule has 2 aliphatic rings. The van der Waals surface area contributed by atoms with Crippen LogP contribution in [0.25, 0.3) is 0 Å². The number of hydrogen-bond donors (Lipinski definition) is 2. The Morgan fingerprint density at radius 3 is 3.07 bits per heavy atom. The van der Waals surface area contributed by atoms with Crippen molar-refractivity contribution in [3.8, 4) is 0 Å². The van der Waals surface area contributed by atoms with Gasteiger partial charge in [-0.1, -0.05) is 0 Å². The Kier molecular flexibility index (Phi) is 3.71. The third-order valence-corrected chi connectivity index (χ3v) is 4.38. The zero-order valence-corrected chi connectivity index (χ0v) is 9.31. The molecule has 0 aromatic rings. The van der Waals surface area contributed by atoms with Gasteiger partial charge >= 0.3 is 0 Å². The van der Waals surface area contributed by atoms with Crippen LogP contribution in [0.1, 0.15) is 19.3 Å². The van der Waals surface area contributed by atoms with E-state index in [0.717, 1.165) is 25.3 Å². The molecule has 0 spiro atoms. The zero-order chi connectivity index (χ0) is 9.86. The molecule has 2 unspecified atom stereocenters. The summed E-state index contributed by atoms with van der Waals surface area (Å²) in [5, 5.41) is 12.9. The standard InChI is InChI=1S/C10H19NO2S/c12-7-10(3-5-14-8-10)11-6-9-2-1-4-13-9/h9,11-12H,1-8H2. The monoisotopic (exact) mass is 217 g/mol. The van der Waals surface area contributed by atoms with Crippen LogP contribution in [-0.2, 0) is 4.74 Å². The fraction of sp³-hybridized carbons (Fsp3) is 1.00. The van der Waals surface area contributed by atoms with E-state index in [1.807, 2.05) is 11.8 Å². The second-order valence-corrected chi connectivity index (χ2v) is 5.36. The number of nitrogens with one attached hydrogen (secondary N) is 1. The predicted octanol–water partition coefficient (Wildman–Crippen LogP) is 0.623. The fourth-order valence-electron chi connectivity index (χ4n) is 2.06. The van der Waals surface area contributed by atoms with E-state index in [9.17, 15) is 5.11 Å². The molecule has 0 bridgehead atoms. The van der Waals surface area contributed by atoms with Crippen molar-refractivity contribution in [2.45, 2.75) is 30.9 Å². The smallest absolute Gasteiger partial charge is 0.0700 e. The van der Waals surface area contributed by atoms with Gasteiger partial charge in [-0.25, -0.2) is 0 Å². The second-order valence-electron chi connectivity index (χ2n) is 4.26. The minimum Gasteiger partial charge on any atom is -0.394 e. The van der Waals surface area contributed by atoms with Crippen LogP contribution < -0.4 is 5.32 Å². The van der Waals surface area contributed by atoms with E-state index in [4.69, 9.17) is 4.74 Å². The molecule has 2 aliphatic heterocycles. The Bertz CT molecular complexity index is 177. The predicted molar refractivity (Wildman–Crippen MR) is 58.7 cm³/mol.